The van der Waals surface area contributed by atoms with Gasteiger partial charge in [-0.3, -0.25) is 19.3 Å². The molecule has 2 bridgehead atoms. The predicted molar refractivity (Wildman–Crippen MR) is 116 cm³/mol. The van der Waals surface area contributed by atoms with Crippen LogP contribution in [-0.4, -0.2) is 58.4 Å². The number of anilines is 1. The van der Waals surface area contributed by atoms with Gasteiger partial charge in [-0.25, -0.2) is 0 Å². The van der Waals surface area contributed by atoms with Gasteiger partial charge in [0.25, 0.3) is 5.56 Å². The summed E-state index contributed by atoms with van der Waals surface area (Å²) in [5.41, 5.74) is 1.30. The minimum Gasteiger partial charge on any atom is -0.343 e. The summed E-state index contributed by atoms with van der Waals surface area (Å²) < 4.78 is 1.90. The van der Waals surface area contributed by atoms with Gasteiger partial charge in [0.1, 0.15) is 0 Å². The molecule has 4 rings (SSSR count). The molecule has 0 saturated carbocycles. The lowest BCUT2D eigenvalue weighted by molar-refractivity contribution is -0.130. The van der Waals surface area contributed by atoms with Gasteiger partial charge in [-0.2, -0.15) is 0 Å². The maximum absolute atomic E-state index is 12.6. The summed E-state index contributed by atoms with van der Waals surface area (Å²) in [4.78, 5) is 41.4. The normalized spacial score (nSPS) is 25.0. The number of carbonyl (C=O) groups is 2. The SMILES string of the molecule is CC(=O)N1CCC(N2C[C@H]3C[C@H](C2)c2c(NC(=O)C(C)(C)C)ccc(=O)n2C3)CC1. The third-order valence-corrected chi connectivity index (χ3v) is 6.97. The maximum Gasteiger partial charge on any atom is 0.250 e. The number of aromatic nitrogens is 1. The lowest BCUT2D eigenvalue weighted by Gasteiger charge is -2.48. The van der Waals surface area contributed by atoms with Gasteiger partial charge in [-0.05, 0) is 31.2 Å². The first kappa shape index (κ1) is 21.1. The Bertz CT molecular complexity index is 893. The topological polar surface area (TPSA) is 74.7 Å². The molecule has 1 aromatic heterocycles. The highest BCUT2D eigenvalue weighted by atomic mass is 16.2. The zero-order chi connectivity index (χ0) is 21.6. The molecule has 1 N–H and O–H groups in total. The van der Waals surface area contributed by atoms with E-state index in [2.05, 4.69) is 10.2 Å². The van der Waals surface area contributed by atoms with Gasteiger partial charge in [0, 0.05) is 68.8 Å². The third-order valence-electron chi connectivity index (χ3n) is 6.97. The van der Waals surface area contributed by atoms with E-state index in [4.69, 9.17) is 0 Å². The fourth-order valence-corrected chi connectivity index (χ4v) is 5.31. The fourth-order valence-electron chi connectivity index (χ4n) is 5.31. The number of hydrogen-bond acceptors (Lipinski definition) is 4. The van der Waals surface area contributed by atoms with Crippen molar-refractivity contribution in [3.05, 3.63) is 28.2 Å². The van der Waals surface area contributed by atoms with Crippen molar-refractivity contribution in [1.82, 2.24) is 14.4 Å². The van der Waals surface area contributed by atoms with Crippen LogP contribution in [0.5, 0.6) is 0 Å². The van der Waals surface area contributed by atoms with Gasteiger partial charge in [-0.1, -0.05) is 20.8 Å². The van der Waals surface area contributed by atoms with Crippen molar-refractivity contribution in [2.45, 2.75) is 65.5 Å². The Balaban J connectivity index is 1.56. The number of nitrogens with zero attached hydrogens (tertiary/aromatic N) is 3. The first-order valence-electron chi connectivity index (χ1n) is 11.2. The lowest BCUT2D eigenvalue weighted by atomic mass is 9.81. The summed E-state index contributed by atoms with van der Waals surface area (Å²) in [6.07, 6.45) is 3.08. The predicted octanol–water partition coefficient (Wildman–Crippen LogP) is 2.26. The van der Waals surface area contributed by atoms with E-state index in [0.717, 1.165) is 56.8 Å². The molecule has 0 spiro atoms. The van der Waals surface area contributed by atoms with Crippen molar-refractivity contribution in [2.75, 3.05) is 31.5 Å². The van der Waals surface area contributed by atoms with Crippen LogP contribution in [0.1, 0.15) is 58.6 Å². The van der Waals surface area contributed by atoms with Crippen LogP contribution < -0.4 is 10.9 Å². The molecule has 0 aromatic carbocycles. The van der Waals surface area contributed by atoms with Gasteiger partial charge >= 0.3 is 0 Å². The number of amides is 2. The largest absolute Gasteiger partial charge is 0.343 e. The van der Waals surface area contributed by atoms with Crippen LogP contribution in [0.4, 0.5) is 5.69 Å². The van der Waals surface area contributed by atoms with Crippen LogP contribution in [0.2, 0.25) is 0 Å². The second kappa shape index (κ2) is 7.84. The number of carbonyl (C=O) groups excluding carboxylic acids is 2. The van der Waals surface area contributed by atoms with Crippen molar-refractivity contribution in [2.24, 2.45) is 11.3 Å². The molecule has 1 aromatic rings. The number of hydrogen-bond donors (Lipinski definition) is 1. The molecular formula is C23H34N4O3. The molecule has 3 aliphatic rings. The molecule has 0 aliphatic carbocycles. The summed E-state index contributed by atoms with van der Waals surface area (Å²) in [7, 11) is 0. The van der Waals surface area contributed by atoms with Crippen LogP contribution in [0.25, 0.3) is 0 Å². The number of nitrogens with one attached hydrogen (secondary N) is 1. The number of rotatable bonds is 2. The molecular weight excluding hydrogens is 380 g/mol. The van der Waals surface area contributed by atoms with E-state index in [1.807, 2.05) is 30.2 Å². The summed E-state index contributed by atoms with van der Waals surface area (Å²) in [5.74, 6) is 0.827. The minimum absolute atomic E-state index is 0.0247. The monoisotopic (exact) mass is 414 g/mol. The van der Waals surface area contributed by atoms with Crippen molar-refractivity contribution in [3.8, 4) is 0 Å². The number of piperidine rings is 2. The van der Waals surface area contributed by atoms with Crippen LogP contribution in [-0.2, 0) is 16.1 Å². The molecule has 164 valence electrons. The molecule has 3 aliphatic heterocycles. The molecule has 7 heteroatoms. The van der Waals surface area contributed by atoms with Crippen molar-refractivity contribution in [1.29, 1.82) is 0 Å². The Morgan fingerprint density at radius 1 is 1.07 bits per heavy atom. The molecule has 2 amide bonds. The highest BCUT2D eigenvalue weighted by Gasteiger charge is 2.39. The zero-order valence-corrected chi connectivity index (χ0v) is 18.6. The van der Waals surface area contributed by atoms with E-state index >= 15 is 0 Å². The first-order valence-corrected chi connectivity index (χ1v) is 11.2. The number of likely N-dealkylation sites (tertiary alicyclic amines) is 2. The number of fused-ring (bicyclic) bond motifs is 4. The van der Waals surface area contributed by atoms with E-state index in [1.54, 1.807) is 19.1 Å². The van der Waals surface area contributed by atoms with Gasteiger partial charge in [0.05, 0.1) is 5.69 Å². The Kier molecular flexibility index (Phi) is 5.51. The summed E-state index contributed by atoms with van der Waals surface area (Å²) in [6, 6.07) is 3.85. The molecule has 0 unspecified atom stereocenters. The smallest absolute Gasteiger partial charge is 0.250 e. The molecule has 0 radical (unpaired) electrons. The van der Waals surface area contributed by atoms with Crippen LogP contribution in [0.15, 0.2) is 16.9 Å². The van der Waals surface area contributed by atoms with Gasteiger partial charge in [0.2, 0.25) is 11.8 Å². The van der Waals surface area contributed by atoms with Crippen molar-refractivity contribution in [3.63, 3.8) is 0 Å². The third kappa shape index (κ3) is 4.04. The van der Waals surface area contributed by atoms with Gasteiger partial charge < -0.3 is 14.8 Å². The standard InChI is InChI=1S/C23H34N4O3/c1-15(28)25-9-7-18(8-10-25)26-12-16-11-17(14-26)21-19(24-22(30)23(2,3)4)5-6-20(29)27(21)13-16/h5-6,16-18H,7-14H2,1-4H3,(H,24,30)/t16-,17-/m1/s1. The average Bonchev–Trinajstić information content (AvgIpc) is 2.69. The quantitative estimate of drug-likeness (QED) is 0.806. The van der Waals surface area contributed by atoms with E-state index in [9.17, 15) is 14.4 Å². The van der Waals surface area contributed by atoms with E-state index < -0.39 is 5.41 Å². The van der Waals surface area contributed by atoms with Crippen LogP contribution >= 0.6 is 0 Å². The van der Waals surface area contributed by atoms with E-state index in [-0.39, 0.29) is 23.3 Å². The van der Waals surface area contributed by atoms with Crippen LogP contribution in [0.3, 0.4) is 0 Å². The fraction of sp³-hybridized carbons (Fsp3) is 0.696. The lowest BCUT2D eigenvalue weighted by Crippen LogP contribution is -2.53. The highest BCUT2D eigenvalue weighted by Crippen LogP contribution is 2.40. The summed E-state index contributed by atoms with van der Waals surface area (Å²) in [5, 5.41) is 3.09. The molecule has 30 heavy (non-hydrogen) atoms. The molecule has 7 nitrogen and oxygen atoms in total. The van der Waals surface area contributed by atoms with Crippen LogP contribution in [0, 0.1) is 11.3 Å². The Labute approximate surface area is 178 Å². The summed E-state index contributed by atoms with van der Waals surface area (Å²) >= 11 is 0. The molecule has 2 atom stereocenters. The minimum atomic E-state index is -0.492. The maximum atomic E-state index is 12.6. The Morgan fingerprint density at radius 2 is 1.77 bits per heavy atom. The van der Waals surface area contributed by atoms with E-state index in [0.29, 0.717) is 18.5 Å². The first-order chi connectivity index (χ1) is 14.1. The van der Waals surface area contributed by atoms with Crippen molar-refractivity contribution < 1.29 is 9.59 Å². The van der Waals surface area contributed by atoms with Gasteiger partial charge in [-0.15, -0.1) is 0 Å². The highest BCUT2D eigenvalue weighted by molar-refractivity contribution is 5.95. The number of pyridine rings is 1. The summed E-state index contributed by atoms with van der Waals surface area (Å²) in [6.45, 7) is 11.6. The van der Waals surface area contributed by atoms with E-state index in [1.165, 1.54) is 0 Å². The molecule has 2 saturated heterocycles. The second-order valence-electron chi connectivity index (χ2n) is 10.3. The Hall–Kier alpha value is -2.15. The zero-order valence-electron chi connectivity index (χ0n) is 18.6. The Morgan fingerprint density at radius 3 is 2.40 bits per heavy atom. The van der Waals surface area contributed by atoms with Crippen molar-refractivity contribution >= 4 is 17.5 Å². The van der Waals surface area contributed by atoms with Gasteiger partial charge in [0.15, 0.2) is 0 Å². The molecule has 4 heterocycles. The molecule has 2 fully saturated rings. The average molecular weight is 415 g/mol. The second-order valence-corrected chi connectivity index (χ2v) is 10.3.